The van der Waals surface area contributed by atoms with Crippen molar-refractivity contribution >= 4 is 31.8 Å². The van der Waals surface area contributed by atoms with Gasteiger partial charge >= 0.3 is 0 Å². The average Bonchev–Trinajstić information content (AvgIpc) is 2.69. The Hall–Kier alpha value is 0.0600. The maximum absolute atomic E-state index is 12.3. The summed E-state index contributed by atoms with van der Waals surface area (Å²) in [5, 5.41) is 0.695. The van der Waals surface area contributed by atoms with Crippen LogP contribution in [-0.2, 0) is 19.1 Å². The van der Waals surface area contributed by atoms with E-state index in [9.17, 15) is 13.2 Å². The second-order valence-corrected chi connectivity index (χ2v) is 9.20. The normalized spacial score (nSPS) is 33.6. The topological polar surface area (TPSA) is 60.4 Å². The number of fused-ring (bicyclic) bond motifs is 2. The molecule has 2 saturated carbocycles. The predicted octanol–water partition coefficient (Wildman–Crippen LogP) is 2.76. The minimum atomic E-state index is -3.66. The molecular weight excluding hydrogens is 344 g/mol. The highest BCUT2D eigenvalue weighted by Crippen LogP contribution is 2.64. The van der Waals surface area contributed by atoms with E-state index in [1.165, 1.54) is 0 Å². The Morgan fingerprint density at radius 2 is 2.10 bits per heavy atom. The molecule has 2 aliphatic rings. The molecule has 0 amide bonds. The van der Waals surface area contributed by atoms with Crippen LogP contribution in [0.3, 0.4) is 0 Å². The molecular formula is C14H23BrO4S. The Bertz CT molecular complexity index is 499. The van der Waals surface area contributed by atoms with E-state index in [2.05, 4.69) is 15.9 Å². The van der Waals surface area contributed by atoms with Crippen molar-refractivity contribution in [1.29, 1.82) is 0 Å². The maximum Gasteiger partial charge on any atom is 0.268 e. The van der Waals surface area contributed by atoms with Gasteiger partial charge in [0.1, 0.15) is 5.78 Å². The molecule has 0 saturated heterocycles. The van der Waals surface area contributed by atoms with E-state index in [0.717, 1.165) is 6.42 Å². The summed E-state index contributed by atoms with van der Waals surface area (Å²) in [4.78, 5) is 12.3. The molecule has 0 radical (unpaired) electrons. The van der Waals surface area contributed by atoms with Crippen LogP contribution >= 0.6 is 15.9 Å². The van der Waals surface area contributed by atoms with Crippen LogP contribution in [0.4, 0.5) is 0 Å². The van der Waals surface area contributed by atoms with Crippen LogP contribution in [0.5, 0.6) is 0 Å². The van der Waals surface area contributed by atoms with E-state index >= 15 is 0 Å². The standard InChI is InChI=1S/C14H23BrO4S/c1-10(7-15)8-19-20(17,18)9-14-5-4-11(6-12(14)16)13(14,2)3/h10-11H,4-9H2,1-3H3/t10-,11?,14?/m1/s1. The monoisotopic (exact) mass is 366 g/mol. The van der Waals surface area contributed by atoms with E-state index in [0.29, 0.717) is 24.1 Å². The van der Waals surface area contributed by atoms with E-state index in [-0.39, 0.29) is 29.5 Å². The van der Waals surface area contributed by atoms with Gasteiger partial charge in [0, 0.05) is 11.8 Å². The molecule has 3 atom stereocenters. The summed E-state index contributed by atoms with van der Waals surface area (Å²) < 4.78 is 29.6. The molecule has 2 unspecified atom stereocenters. The third kappa shape index (κ3) is 2.59. The number of hydrogen-bond acceptors (Lipinski definition) is 4. The Labute approximate surface area is 129 Å². The van der Waals surface area contributed by atoms with Gasteiger partial charge in [0.15, 0.2) is 0 Å². The molecule has 0 spiro atoms. The molecule has 20 heavy (non-hydrogen) atoms. The number of alkyl halides is 1. The third-order valence-corrected chi connectivity index (χ3v) is 7.80. The Morgan fingerprint density at radius 1 is 1.45 bits per heavy atom. The molecule has 116 valence electrons. The van der Waals surface area contributed by atoms with Crippen molar-refractivity contribution < 1.29 is 17.4 Å². The van der Waals surface area contributed by atoms with Crippen LogP contribution < -0.4 is 0 Å². The lowest BCUT2D eigenvalue weighted by atomic mass is 9.70. The second kappa shape index (κ2) is 5.36. The van der Waals surface area contributed by atoms with Crippen molar-refractivity contribution in [3.8, 4) is 0 Å². The fourth-order valence-electron chi connectivity index (χ4n) is 3.72. The lowest BCUT2D eigenvalue weighted by molar-refractivity contribution is -0.128. The average molecular weight is 367 g/mol. The zero-order valence-electron chi connectivity index (χ0n) is 12.3. The van der Waals surface area contributed by atoms with Crippen LogP contribution in [0.25, 0.3) is 0 Å². The first-order valence-corrected chi connectivity index (χ1v) is 9.81. The molecule has 2 rings (SSSR count). The van der Waals surface area contributed by atoms with E-state index < -0.39 is 15.5 Å². The molecule has 0 heterocycles. The minimum Gasteiger partial charge on any atom is -0.299 e. The predicted molar refractivity (Wildman–Crippen MR) is 81.3 cm³/mol. The number of carbonyl (C=O) groups is 1. The molecule has 0 aliphatic heterocycles. The quantitative estimate of drug-likeness (QED) is 0.535. The molecule has 2 bridgehead atoms. The fourth-order valence-corrected chi connectivity index (χ4v) is 5.71. The molecule has 0 aromatic heterocycles. The van der Waals surface area contributed by atoms with Gasteiger partial charge in [-0.3, -0.25) is 8.98 Å². The molecule has 0 aromatic rings. The summed E-state index contributed by atoms with van der Waals surface area (Å²) >= 11 is 3.30. The van der Waals surface area contributed by atoms with Crippen LogP contribution in [0.2, 0.25) is 0 Å². The van der Waals surface area contributed by atoms with Gasteiger partial charge in [-0.15, -0.1) is 0 Å². The van der Waals surface area contributed by atoms with Crippen LogP contribution in [0.1, 0.15) is 40.0 Å². The van der Waals surface area contributed by atoms with Gasteiger partial charge in [0.05, 0.1) is 17.8 Å². The highest BCUT2D eigenvalue weighted by Gasteiger charge is 2.65. The van der Waals surface area contributed by atoms with Gasteiger partial charge in [0.2, 0.25) is 0 Å². The number of carbonyl (C=O) groups excluding carboxylic acids is 1. The molecule has 6 heteroatoms. The molecule has 4 nitrogen and oxygen atoms in total. The van der Waals surface area contributed by atoms with Gasteiger partial charge in [-0.1, -0.05) is 36.7 Å². The van der Waals surface area contributed by atoms with E-state index in [1.807, 2.05) is 20.8 Å². The fraction of sp³-hybridized carbons (Fsp3) is 0.929. The third-order valence-electron chi connectivity index (χ3n) is 5.36. The number of rotatable bonds is 6. The zero-order chi connectivity index (χ0) is 15.2. The minimum absolute atomic E-state index is 0.111. The number of halogens is 1. The Morgan fingerprint density at radius 3 is 2.55 bits per heavy atom. The first-order chi connectivity index (χ1) is 9.14. The highest BCUT2D eigenvalue weighted by atomic mass is 79.9. The van der Waals surface area contributed by atoms with Gasteiger partial charge < -0.3 is 0 Å². The molecule has 0 N–H and O–H groups in total. The summed E-state index contributed by atoms with van der Waals surface area (Å²) in [7, 11) is -3.66. The number of ketones is 1. The maximum atomic E-state index is 12.3. The zero-order valence-corrected chi connectivity index (χ0v) is 14.7. The largest absolute Gasteiger partial charge is 0.299 e. The summed E-state index contributed by atoms with van der Waals surface area (Å²) in [6, 6.07) is 0. The van der Waals surface area contributed by atoms with Gasteiger partial charge in [-0.05, 0) is 30.1 Å². The first-order valence-electron chi connectivity index (χ1n) is 7.11. The summed E-state index contributed by atoms with van der Waals surface area (Å²) in [6.07, 6.45) is 2.16. The Kier molecular flexibility index (Phi) is 4.40. The van der Waals surface area contributed by atoms with Crippen molar-refractivity contribution in [3.05, 3.63) is 0 Å². The molecule has 2 fully saturated rings. The van der Waals surface area contributed by atoms with E-state index in [4.69, 9.17) is 4.18 Å². The van der Waals surface area contributed by atoms with Crippen molar-refractivity contribution in [2.75, 3.05) is 17.7 Å². The summed E-state index contributed by atoms with van der Waals surface area (Å²) in [6.45, 7) is 6.15. The van der Waals surface area contributed by atoms with E-state index in [1.54, 1.807) is 0 Å². The molecule has 2 aliphatic carbocycles. The van der Waals surface area contributed by atoms with Crippen LogP contribution in [0.15, 0.2) is 0 Å². The van der Waals surface area contributed by atoms with Gasteiger partial charge in [-0.25, -0.2) is 0 Å². The lowest BCUT2D eigenvalue weighted by Gasteiger charge is -2.35. The van der Waals surface area contributed by atoms with Crippen molar-refractivity contribution in [2.45, 2.75) is 40.0 Å². The first kappa shape index (κ1) is 16.4. The molecule has 0 aromatic carbocycles. The highest BCUT2D eigenvalue weighted by molar-refractivity contribution is 9.09. The smallest absolute Gasteiger partial charge is 0.268 e. The second-order valence-electron chi connectivity index (χ2n) is 6.91. The lowest BCUT2D eigenvalue weighted by Crippen LogP contribution is -2.42. The van der Waals surface area contributed by atoms with Gasteiger partial charge in [-0.2, -0.15) is 8.42 Å². The van der Waals surface area contributed by atoms with Crippen molar-refractivity contribution in [1.82, 2.24) is 0 Å². The van der Waals surface area contributed by atoms with Crippen LogP contribution in [-0.4, -0.2) is 31.9 Å². The summed E-state index contributed by atoms with van der Waals surface area (Å²) in [5.74, 6) is 0.411. The Balaban J connectivity index is 2.14. The summed E-state index contributed by atoms with van der Waals surface area (Å²) in [5.41, 5.74) is -0.963. The van der Waals surface area contributed by atoms with Crippen LogP contribution in [0, 0.1) is 22.7 Å². The number of Topliss-reactive ketones (excluding diaryl/α,β-unsaturated/α-hetero) is 1. The van der Waals surface area contributed by atoms with Crippen molar-refractivity contribution in [2.24, 2.45) is 22.7 Å². The van der Waals surface area contributed by atoms with Crippen molar-refractivity contribution in [3.63, 3.8) is 0 Å². The SMILES string of the molecule is C[C@H](CBr)COS(=O)(=O)CC12CCC(CC1=O)C2(C)C. The number of hydrogen-bond donors (Lipinski definition) is 0. The van der Waals surface area contributed by atoms with Gasteiger partial charge in [0.25, 0.3) is 10.1 Å².